The Labute approximate surface area is 186 Å². The molecule has 32 heavy (non-hydrogen) atoms. The van der Waals surface area contributed by atoms with Gasteiger partial charge in [0.25, 0.3) is 5.91 Å². The first-order chi connectivity index (χ1) is 15.7. The Kier molecular flexibility index (Phi) is 5.26. The van der Waals surface area contributed by atoms with E-state index in [1.54, 1.807) is 7.05 Å². The molecule has 2 N–H and O–H groups in total. The second-order valence-electron chi connectivity index (χ2n) is 8.04. The molecule has 5 rings (SSSR count). The second kappa shape index (κ2) is 8.37. The summed E-state index contributed by atoms with van der Waals surface area (Å²) in [4.78, 5) is 12.9. The topological polar surface area (TPSA) is 101 Å². The Morgan fingerprint density at radius 2 is 1.81 bits per heavy atom. The average Bonchev–Trinajstić information content (AvgIpc) is 3.39. The lowest BCUT2D eigenvalue weighted by molar-refractivity contribution is 0.0962. The summed E-state index contributed by atoms with van der Waals surface area (Å²) in [5, 5.41) is 22.1. The van der Waals surface area contributed by atoms with E-state index in [0.29, 0.717) is 17.3 Å². The third-order valence-electron chi connectivity index (χ3n) is 5.82. The van der Waals surface area contributed by atoms with Crippen molar-refractivity contribution in [1.29, 1.82) is 0 Å². The largest absolute Gasteiger partial charge is 0.355 e. The van der Waals surface area contributed by atoms with Crippen LogP contribution in [0.25, 0.3) is 33.8 Å². The predicted octanol–water partition coefficient (Wildman–Crippen LogP) is 4.04. The maximum absolute atomic E-state index is 12.9. The van der Waals surface area contributed by atoms with Gasteiger partial charge in [-0.25, -0.2) is 0 Å². The Bertz CT molecular complexity index is 1240. The lowest BCUT2D eigenvalue weighted by Gasteiger charge is -2.11. The van der Waals surface area contributed by atoms with Crippen LogP contribution in [0.5, 0.6) is 0 Å². The third kappa shape index (κ3) is 3.57. The van der Waals surface area contributed by atoms with E-state index in [2.05, 4.69) is 57.1 Å². The number of H-pyrrole nitrogens is 1. The van der Waals surface area contributed by atoms with Crippen LogP contribution in [0.4, 0.5) is 0 Å². The van der Waals surface area contributed by atoms with Gasteiger partial charge in [0, 0.05) is 30.6 Å². The maximum Gasteiger partial charge on any atom is 0.255 e. The summed E-state index contributed by atoms with van der Waals surface area (Å²) >= 11 is 0. The van der Waals surface area contributed by atoms with Gasteiger partial charge in [0.05, 0.1) is 17.0 Å². The molecule has 8 nitrogen and oxygen atoms in total. The van der Waals surface area contributed by atoms with E-state index in [4.69, 9.17) is 5.10 Å². The van der Waals surface area contributed by atoms with Crippen LogP contribution in [0, 0.1) is 0 Å². The number of tetrazole rings is 1. The van der Waals surface area contributed by atoms with Crippen molar-refractivity contribution in [3.05, 3.63) is 59.8 Å². The molecule has 0 atom stereocenters. The molecule has 0 spiro atoms. The highest BCUT2D eigenvalue weighted by molar-refractivity contribution is 6.01. The molecule has 1 aliphatic carbocycles. The van der Waals surface area contributed by atoms with Gasteiger partial charge in [-0.1, -0.05) is 55.5 Å². The second-order valence-corrected chi connectivity index (χ2v) is 8.04. The summed E-state index contributed by atoms with van der Waals surface area (Å²) in [6, 6.07) is 16.3. The maximum atomic E-state index is 12.9. The number of nitrogens with one attached hydrogen (secondary N) is 2. The number of benzene rings is 2. The van der Waals surface area contributed by atoms with Crippen molar-refractivity contribution in [2.75, 3.05) is 7.05 Å². The number of carbonyl (C=O) groups excluding carboxylic acids is 1. The molecule has 0 unspecified atom stereocenters. The number of nitrogens with zero attached hydrogens (tertiary/aromatic N) is 5. The summed E-state index contributed by atoms with van der Waals surface area (Å²) in [6.07, 6.45) is 3.14. The molecule has 2 aromatic heterocycles. The number of carbonyl (C=O) groups is 1. The molecule has 0 bridgehead atoms. The minimum absolute atomic E-state index is 0.0734. The Morgan fingerprint density at radius 1 is 1.09 bits per heavy atom. The molecule has 2 heterocycles. The van der Waals surface area contributed by atoms with Crippen LogP contribution >= 0.6 is 0 Å². The number of amides is 1. The summed E-state index contributed by atoms with van der Waals surface area (Å²) in [5.74, 6) is 0.873. The number of hydrogen-bond acceptors (Lipinski definition) is 5. The Hall–Kier alpha value is -3.81. The fourth-order valence-electron chi connectivity index (χ4n) is 4.15. The van der Waals surface area contributed by atoms with Crippen molar-refractivity contribution >= 4 is 5.91 Å². The molecule has 0 radical (unpaired) electrons. The molecule has 1 saturated carbocycles. The molecular weight excluding hydrogens is 402 g/mol. The van der Waals surface area contributed by atoms with Gasteiger partial charge in [-0.15, -0.1) is 10.2 Å². The highest BCUT2D eigenvalue weighted by Crippen LogP contribution is 2.43. The van der Waals surface area contributed by atoms with Crippen molar-refractivity contribution < 1.29 is 4.79 Å². The van der Waals surface area contributed by atoms with Crippen molar-refractivity contribution in [1.82, 2.24) is 35.7 Å². The van der Waals surface area contributed by atoms with Crippen molar-refractivity contribution in [2.45, 2.75) is 38.6 Å². The van der Waals surface area contributed by atoms with Gasteiger partial charge >= 0.3 is 0 Å². The van der Waals surface area contributed by atoms with E-state index in [1.165, 1.54) is 0 Å². The van der Waals surface area contributed by atoms with Crippen molar-refractivity contribution in [3.8, 4) is 33.8 Å². The highest BCUT2D eigenvalue weighted by Gasteiger charge is 2.34. The van der Waals surface area contributed by atoms with Gasteiger partial charge in [0.2, 0.25) is 5.82 Å². The fourth-order valence-corrected chi connectivity index (χ4v) is 4.15. The molecule has 1 amide bonds. The SMILES string of the molecule is CCCn1nc(C2CC2)c(C(=O)NC)c1-c1ccc(-c2ccccc2-c2nn[nH]n2)cc1. The smallest absolute Gasteiger partial charge is 0.255 e. The van der Waals surface area contributed by atoms with Gasteiger partial charge in [-0.3, -0.25) is 9.48 Å². The van der Waals surface area contributed by atoms with E-state index in [1.807, 2.05) is 28.9 Å². The van der Waals surface area contributed by atoms with Gasteiger partial charge in [-0.05, 0) is 35.6 Å². The van der Waals surface area contributed by atoms with Crippen LogP contribution < -0.4 is 5.32 Å². The lowest BCUT2D eigenvalue weighted by Crippen LogP contribution is -2.19. The minimum atomic E-state index is -0.0734. The predicted molar refractivity (Wildman–Crippen MR) is 122 cm³/mol. The zero-order valence-corrected chi connectivity index (χ0v) is 18.2. The number of aryl methyl sites for hydroxylation is 1. The highest BCUT2D eigenvalue weighted by atomic mass is 16.1. The summed E-state index contributed by atoms with van der Waals surface area (Å²) in [5.41, 5.74) is 6.49. The first kappa shape index (κ1) is 20.1. The third-order valence-corrected chi connectivity index (χ3v) is 5.82. The van der Waals surface area contributed by atoms with E-state index >= 15 is 0 Å². The van der Waals surface area contributed by atoms with Crippen LogP contribution in [-0.4, -0.2) is 43.4 Å². The van der Waals surface area contributed by atoms with E-state index in [-0.39, 0.29) is 5.91 Å². The number of hydrogen-bond donors (Lipinski definition) is 2. The van der Waals surface area contributed by atoms with Gasteiger partial charge in [-0.2, -0.15) is 10.3 Å². The molecule has 162 valence electrons. The zero-order valence-electron chi connectivity index (χ0n) is 18.2. The standard InChI is InChI=1S/C24H25N7O/c1-3-14-31-22(20(24(32)25-2)21(28-31)16-10-11-16)17-12-8-15(9-13-17)18-6-4-5-7-19(18)23-26-29-30-27-23/h4-9,12-13,16H,3,10-11,14H2,1-2H3,(H,25,32)(H,26,27,29,30). The number of rotatable bonds is 7. The fraction of sp³-hybridized carbons (Fsp3) is 0.292. The van der Waals surface area contributed by atoms with Crippen LogP contribution in [0.15, 0.2) is 48.5 Å². The van der Waals surface area contributed by atoms with E-state index < -0.39 is 0 Å². The quantitative estimate of drug-likeness (QED) is 0.463. The van der Waals surface area contributed by atoms with E-state index in [9.17, 15) is 4.79 Å². The summed E-state index contributed by atoms with van der Waals surface area (Å²) in [7, 11) is 1.68. The Balaban J connectivity index is 1.59. The summed E-state index contributed by atoms with van der Waals surface area (Å²) in [6.45, 7) is 2.90. The normalized spacial score (nSPS) is 13.3. The van der Waals surface area contributed by atoms with Crippen molar-refractivity contribution in [2.24, 2.45) is 0 Å². The number of aromatic nitrogens is 6. The monoisotopic (exact) mass is 427 g/mol. The van der Waals surface area contributed by atoms with Gasteiger partial charge in [0.15, 0.2) is 0 Å². The first-order valence-electron chi connectivity index (χ1n) is 11.0. The molecule has 0 saturated heterocycles. The molecule has 1 aliphatic rings. The minimum Gasteiger partial charge on any atom is -0.355 e. The molecule has 8 heteroatoms. The van der Waals surface area contributed by atoms with Gasteiger partial charge < -0.3 is 5.32 Å². The molecular formula is C24H25N7O. The molecule has 2 aromatic carbocycles. The molecule has 1 fully saturated rings. The van der Waals surface area contributed by atoms with Crippen LogP contribution in [-0.2, 0) is 6.54 Å². The van der Waals surface area contributed by atoms with Crippen LogP contribution in [0.2, 0.25) is 0 Å². The summed E-state index contributed by atoms with van der Waals surface area (Å²) < 4.78 is 2.00. The first-order valence-corrected chi connectivity index (χ1v) is 11.0. The average molecular weight is 428 g/mol. The zero-order chi connectivity index (χ0) is 22.1. The van der Waals surface area contributed by atoms with E-state index in [0.717, 1.165) is 59.4 Å². The van der Waals surface area contributed by atoms with Crippen molar-refractivity contribution in [3.63, 3.8) is 0 Å². The lowest BCUT2D eigenvalue weighted by atomic mass is 9.96. The molecule has 0 aliphatic heterocycles. The van der Waals surface area contributed by atoms with Gasteiger partial charge in [0.1, 0.15) is 0 Å². The van der Waals surface area contributed by atoms with Crippen LogP contribution in [0.3, 0.4) is 0 Å². The molecule has 4 aromatic rings. The number of aromatic amines is 1. The Morgan fingerprint density at radius 3 is 2.44 bits per heavy atom. The van der Waals surface area contributed by atoms with Crippen LogP contribution in [0.1, 0.15) is 48.2 Å².